The van der Waals surface area contributed by atoms with Crippen LogP contribution in [0.2, 0.25) is 0 Å². The van der Waals surface area contributed by atoms with Crippen LogP contribution in [0.3, 0.4) is 0 Å². The fourth-order valence-electron chi connectivity index (χ4n) is 2.06. The van der Waals surface area contributed by atoms with Crippen LogP contribution in [0, 0.1) is 0 Å². The summed E-state index contributed by atoms with van der Waals surface area (Å²) in [6.07, 6.45) is 3.28. The van der Waals surface area contributed by atoms with Gasteiger partial charge >= 0.3 is 0 Å². The van der Waals surface area contributed by atoms with Gasteiger partial charge in [0.2, 0.25) is 0 Å². The van der Waals surface area contributed by atoms with Gasteiger partial charge in [-0.15, -0.1) is 0 Å². The quantitative estimate of drug-likeness (QED) is 0.550. The number of methoxy groups -OCH3 is 1. The first-order valence-electron chi connectivity index (χ1n) is 6.93. The van der Waals surface area contributed by atoms with Gasteiger partial charge in [0.15, 0.2) is 17.3 Å². The van der Waals surface area contributed by atoms with Crippen molar-refractivity contribution >= 4 is 27.8 Å². The minimum atomic E-state index is -0.0647. The predicted octanol–water partition coefficient (Wildman–Crippen LogP) is 4.75. The number of halogens is 1. The van der Waals surface area contributed by atoms with Gasteiger partial charge in [-0.3, -0.25) is 4.79 Å². The zero-order valence-corrected chi connectivity index (χ0v) is 14.1. The van der Waals surface area contributed by atoms with Gasteiger partial charge in [0, 0.05) is 15.6 Å². The summed E-state index contributed by atoms with van der Waals surface area (Å²) in [5, 5.41) is 0. The van der Waals surface area contributed by atoms with Crippen LogP contribution in [0.5, 0.6) is 11.5 Å². The molecule has 114 valence electrons. The molecule has 0 radical (unpaired) electrons. The lowest BCUT2D eigenvalue weighted by atomic mass is 10.1. The van der Waals surface area contributed by atoms with Gasteiger partial charge in [-0.25, -0.2) is 0 Å². The number of para-hydroxylation sites is 1. The number of carbonyl (C=O) groups is 1. The average Bonchev–Trinajstić information content (AvgIpc) is 2.53. The molecule has 0 spiro atoms. The molecule has 0 amide bonds. The van der Waals surface area contributed by atoms with Gasteiger partial charge in [-0.05, 0) is 37.3 Å². The van der Waals surface area contributed by atoms with E-state index in [9.17, 15) is 4.79 Å². The summed E-state index contributed by atoms with van der Waals surface area (Å²) in [4.78, 5) is 12.2. The molecule has 4 heteroatoms. The Morgan fingerprint density at radius 1 is 1.23 bits per heavy atom. The minimum Gasteiger partial charge on any atom is -0.492 e. The van der Waals surface area contributed by atoms with E-state index < -0.39 is 0 Å². The molecule has 2 rings (SSSR count). The maximum atomic E-state index is 12.2. The number of hydrogen-bond acceptors (Lipinski definition) is 3. The van der Waals surface area contributed by atoms with E-state index in [0.29, 0.717) is 23.7 Å². The van der Waals surface area contributed by atoms with Crippen molar-refractivity contribution < 1.29 is 14.3 Å². The zero-order chi connectivity index (χ0) is 15.9. The Labute approximate surface area is 138 Å². The molecule has 0 fully saturated rings. The first-order chi connectivity index (χ1) is 10.7. The lowest BCUT2D eigenvalue weighted by Gasteiger charge is -2.11. The van der Waals surface area contributed by atoms with Crippen molar-refractivity contribution in [3.05, 3.63) is 64.1 Å². The van der Waals surface area contributed by atoms with E-state index in [-0.39, 0.29) is 5.78 Å². The van der Waals surface area contributed by atoms with Crippen LogP contribution in [0.4, 0.5) is 0 Å². The Morgan fingerprint density at radius 2 is 2.00 bits per heavy atom. The molecule has 22 heavy (non-hydrogen) atoms. The van der Waals surface area contributed by atoms with E-state index in [1.807, 2.05) is 37.3 Å². The summed E-state index contributed by atoms with van der Waals surface area (Å²) in [6, 6.07) is 12.9. The fourth-order valence-corrected chi connectivity index (χ4v) is 2.45. The third-order valence-corrected chi connectivity index (χ3v) is 3.53. The van der Waals surface area contributed by atoms with Crippen molar-refractivity contribution in [3.8, 4) is 11.5 Å². The fraction of sp³-hybridized carbons (Fsp3) is 0.167. The van der Waals surface area contributed by atoms with Crippen molar-refractivity contribution in [2.24, 2.45) is 0 Å². The van der Waals surface area contributed by atoms with Crippen LogP contribution in [0.15, 0.2) is 53.0 Å². The summed E-state index contributed by atoms with van der Waals surface area (Å²) in [5.74, 6) is 1.23. The summed E-state index contributed by atoms with van der Waals surface area (Å²) < 4.78 is 11.8. The molecule has 0 saturated heterocycles. The minimum absolute atomic E-state index is 0.0647. The van der Waals surface area contributed by atoms with Crippen molar-refractivity contribution in [2.75, 3.05) is 13.7 Å². The maximum absolute atomic E-state index is 12.2. The molecule has 0 aliphatic heterocycles. The van der Waals surface area contributed by atoms with Crippen LogP contribution < -0.4 is 9.47 Å². The maximum Gasteiger partial charge on any atom is 0.185 e. The van der Waals surface area contributed by atoms with E-state index in [1.165, 1.54) is 6.08 Å². The van der Waals surface area contributed by atoms with Gasteiger partial charge in [0.1, 0.15) is 0 Å². The number of rotatable bonds is 6. The molecular formula is C18H17BrO3. The largest absolute Gasteiger partial charge is 0.492 e. The van der Waals surface area contributed by atoms with Gasteiger partial charge in [-0.1, -0.05) is 40.2 Å². The molecule has 0 aromatic heterocycles. The Hall–Kier alpha value is -2.07. The second kappa shape index (κ2) is 7.80. The lowest BCUT2D eigenvalue weighted by Crippen LogP contribution is -1.97. The van der Waals surface area contributed by atoms with E-state index in [4.69, 9.17) is 9.47 Å². The molecule has 0 N–H and O–H groups in total. The second-order valence-electron chi connectivity index (χ2n) is 4.52. The highest BCUT2D eigenvalue weighted by Gasteiger charge is 2.08. The van der Waals surface area contributed by atoms with E-state index in [0.717, 1.165) is 10.0 Å². The van der Waals surface area contributed by atoms with Gasteiger partial charge in [-0.2, -0.15) is 0 Å². The van der Waals surface area contributed by atoms with Crippen LogP contribution in [0.25, 0.3) is 6.08 Å². The molecule has 0 aliphatic rings. The number of benzene rings is 2. The second-order valence-corrected chi connectivity index (χ2v) is 5.44. The number of carbonyl (C=O) groups excluding carboxylic acids is 1. The van der Waals surface area contributed by atoms with Gasteiger partial charge in [0.05, 0.1) is 13.7 Å². The Kier molecular flexibility index (Phi) is 5.78. The first-order valence-corrected chi connectivity index (χ1v) is 7.72. The summed E-state index contributed by atoms with van der Waals surface area (Å²) in [7, 11) is 1.59. The molecule has 0 atom stereocenters. The van der Waals surface area contributed by atoms with Gasteiger partial charge in [0.25, 0.3) is 0 Å². The summed E-state index contributed by atoms with van der Waals surface area (Å²) in [5.41, 5.74) is 1.43. The van der Waals surface area contributed by atoms with Gasteiger partial charge < -0.3 is 9.47 Å². The summed E-state index contributed by atoms with van der Waals surface area (Å²) >= 11 is 3.36. The molecule has 0 heterocycles. The number of ether oxygens (including phenoxy) is 2. The highest BCUT2D eigenvalue weighted by atomic mass is 79.9. The zero-order valence-electron chi connectivity index (χ0n) is 12.5. The van der Waals surface area contributed by atoms with E-state index in [1.54, 1.807) is 25.3 Å². The molecule has 0 saturated carbocycles. The number of allylic oxidation sites excluding steroid dienone is 1. The molecule has 2 aromatic rings. The topological polar surface area (TPSA) is 35.5 Å². The normalized spacial score (nSPS) is 10.7. The standard InChI is InChI=1S/C18H17BrO3/c1-3-22-17-9-5-6-13(18(17)21-2)10-11-16(20)14-7-4-8-15(19)12-14/h4-12H,3H2,1-2H3/b11-10+. The van der Waals surface area contributed by atoms with Crippen LogP contribution >= 0.6 is 15.9 Å². The van der Waals surface area contributed by atoms with Crippen molar-refractivity contribution in [1.29, 1.82) is 0 Å². The van der Waals surface area contributed by atoms with Crippen molar-refractivity contribution in [2.45, 2.75) is 6.92 Å². The summed E-state index contributed by atoms with van der Waals surface area (Å²) in [6.45, 7) is 2.47. The average molecular weight is 361 g/mol. The third kappa shape index (κ3) is 3.98. The van der Waals surface area contributed by atoms with E-state index in [2.05, 4.69) is 15.9 Å². The predicted molar refractivity (Wildman–Crippen MR) is 91.7 cm³/mol. The Bertz CT molecular complexity index is 692. The first kappa shape index (κ1) is 16.3. The molecule has 0 bridgehead atoms. The molecule has 2 aromatic carbocycles. The van der Waals surface area contributed by atoms with Crippen molar-refractivity contribution in [3.63, 3.8) is 0 Å². The Morgan fingerprint density at radius 3 is 2.68 bits per heavy atom. The van der Waals surface area contributed by atoms with Crippen LogP contribution in [0.1, 0.15) is 22.8 Å². The van der Waals surface area contributed by atoms with Crippen LogP contribution in [-0.2, 0) is 0 Å². The highest BCUT2D eigenvalue weighted by Crippen LogP contribution is 2.32. The third-order valence-electron chi connectivity index (χ3n) is 3.04. The van der Waals surface area contributed by atoms with E-state index >= 15 is 0 Å². The monoisotopic (exact) mass is 360 g/mol. The molecule has 0 aliphatic carbocycles. The molecule has 0 unspecified atom stereocenters. The van der Waals surface area contributed by atoms with Crippen molar-refractivity contribution in [1.82, 2.24) is 0 Å². The SMILES string of the molecule is CCOc1cccc(/C=C/C(=O)c2cccc(Br)c2)c1OC. The number of ketones is 1. The number of hydrogen-bond donors (Lipinski definition) is 0. The smallest absolute Gasteiger partial charge is 0.185 e. The molecule has 3 nitrogen and oxygen atoms in total. The lowest BCUT2D eigenvalue weighted by molar-refractivity contribution is 0.104. The molecular weight excluding hydrogens is 344 g/mol. The van der Waals surface area contributed by atoms with Crippen LogP contribution in [-0.4, -0.2) is 19.5 Å². The highest BCUT2D eigenvalue weighted by molar-refractivity contribution is 9.10. The Balaban J connectivity index is 2.26.